The molecular weight excluding hydrogens is 388 g/mol. The van der Waals surface area contributed by atoms with E-state index in [0.717, 1.165) is 44.1 Å². The summed E-state index contributed by atoms with van der Waals surface area (Å²) in [5, 5.41) is 5.87. The zero-order chi connectivity index (χ0) is 22.3. The van der Waals surface area contributed by atoms with Gasteiger partial charge in [0.05, 0.1) is 6.54 Å². The van der Waals surface area contributed by atoms with E-state index < -0.39 is 0 Å². The van der Waals surface area contributed by atoms with Gasteiger partial charge >= 0.3 is 0 Å². The molecule has 0 unspecified atom stereocenters. The summed E-state index contributed by atoms with van der Waals surface area (Å²) in [5.41, 5.74) is 5.42. The Balaban J connectivity index is 1.57. The van der Waals surface area contributed by atoms with Gasteiger partial charge in [-0.15, -0.1) is 0 Å². The fourth-order valence-electron chi connectivity index (χ4n) is 4.17. The summed E-state index contributed by atoms with van der Waals surface area (Å²) in [7, 11) is 1.61. The maximum Gasteiger partial charge on any atom is 0.290 e. The van der Waals surface area contributed by atoms with Gasteiger partial charge in [0.25, 0.3) is 5.91 Å². The van der Waals surface area contributed by atoms with E-state index in [0.29, 0.717) is 5.58 Å². The first-order valence-electron chi connectivity index (χ1n) is 10.3. The summed E-state index contributed by atoms with van der Waals surface area (Å²) in [6.45, 7) is 7.76. The molecule has 0 fully saturated rings. The number of aryl methyl sites for hydroxylation is 4. The third kappa shape index (κ3) is 3.79. The normalized spacial score (nSPS) is 11.1. The van der Waals surface area contributed by atoms with Crippen molar-refractivity contribution in [2.45, 2.75) is 27.7 Å². The SMILES string of the molecule is Cc1cc(C)c(NC(=O)CN(C)C(=O)c2oc3c(ccc4ccccc43)c2C)c(C)c1. The number of hydrogen-bond donors (Lipinski definition) is 1. The Labute approximate surface area is 181 Å². The van der Waals surface area contributed by atoms with Gasteiger partial charge in [-0.1, -0.05) is 54.1 Å². The minimum Gasteiger partial charge on any atom is -0.450 e. The van der Waals surface area contributed by atoms with E-state index in [1.807, 2.05) is 76.2 Å². The number of nitrogens with one attached hydrogen (secondary N) is 1. The van der Waals surface area contributed by atoms with Crippen LogP contribution < -0.4 is 5.32 Å². The van der Waals surface area contributed by atoms with Gasteiger partial charge in [-0.2, -0.15) is 0 Å². The zero-order valence-electron chi connectivity index (χ0n) is 18.5. The number of likely N-dealkylation sites (N-methyl/N-ethyl adjacent to an activating group) is 1. The van der Waals surface area contributed by atoms with Gasteiger partial charge in [-0.05, 0) is 44.2 Å². The van der Waals surface area contributed by atoms with E-state index in [1.165, 1.54) is 4.90 Å². The van der Waals surface area contributed by atoms with Crippen LogP contribution in [0.25, 0.3) is 21.7 Å². The molecule has 1 heterocycles. The molecule has 158 valence electrons. The topological polar surface area (TPSA) is 62.6 Å². The quantitative estimate of drug-likeness (QED) is 0.478. The molecule has 0 aliphatic rings. The van der Waals surface area contributed by atoms with Gasteiger partial charge in [0.2, 0.25) is 5.91 Å². The average molecular weight is 415 g/mol. The molecule has 31 heavy (non-hydrogen) atoms. The van der Waals surface area contributed by atoms with Gasteiger partial charge in [0.15, 0.2) is 5.76 Å². The fraction of sp³-hybridized carbons (Fsp3) is 0.231. The lowest BCUT2D eigenvalue weighted by atomic mass is 10.1. The molecule has 0 aliphatic heterocycles. The molecule has 4 rings (SSSR count). The van der Waals surface area contributed by atoms with E-state index >= 15 is 0 Å². The molecule has 0 spiro atoms. The third-order valence-electron chi connectivity index (χ3n) is 5.69. The van der Waals surface area contributed by atoms with E-state index in [4.69, 9.17) is 4.42 Å². The summed E-state index contributed by atoms with van der Waals surface area (Å²) >= 11 is 0. The van der Waals surface area contributed by atoms with Crippen molar-refractivity contribution >= 4 is 39.2 Å². The first-order valence-corrected chi connectivity index (χ1v) is 10.3. The lowest BCUT2D eigenvalue weighted by Crippen LogP contribution is -2.35. The summed E-state index contributed by atoms with van der Waals surface area (Å²) in [5.74, 6) is -0.292. The van der Waals surface area contributed by atoms with E-state index in [1.54, 1.807) is 7.05 Å². The van der Waals surface area contributed by atoms with Crippen LogP contribution in [-0.4, -0.2) is 30.3 Å². The smallest absolute Gasteiger partial charge is 0.290 e. The number of carbonyl (C=O) groups excluding carboxylic acids is 2. The predicted octanol–water partition coefficient (Wildman–Crippen LogP) is 5.53. The zero-order valence-corrected chi connectivity index (χ0v) is 18.5. The maximum atomic E-state index is 13.1. The summed E-state index contributed by atoms with van der Waals surface area (Å²) in [6.07, 6.45) is 0. The highest BCUT2D eigenvalue weighted by molar-refractivity contribution is 6.09. The molecule has 0 atom stereocenters. The molecule has 4 aromatic rings. The average Bonchev–Trinajstić information content (AvgIpc) is 3.07. The Morgan fingerprint density at radius 3 is 2.32 bits per heavy atom. The van der Waals surface area contributed by atoms with Gasteiger partial charge < -0.3 is 14.6 Å². The number of amides is 2. The second-order valence-corrected chi connectivity index (χ2v) is 8.20. The van der Waals surface area contributed by atoms with Crippen LogP contribution in [0.4, 0.5) is 5.69 Å². The monoisotopic (exact) mass is 414 g/mol. The highest BCUT2D eigenvalue weighted by Gasteiger charge is 2.23. The molecule has 0 aliphatic carbocycles. The number of rotatable bonds is 4. The van der Waals surface area contributed by atoms with Crippen molar-refractivity contribution in [3.63, 3.8) is 0 Å². The standard InChI is InChI=1S/C26H26N2O3/c1-15-12-16(2)23(17(3)13-15)27-22(29)14-28(5)26(30)24-18(4)20-11-10-19-8-6-7-9-21(19)25(20)31-24/h6-13H,14H2,1-5H3,(H,27,29). The second kappa shape index (κ2) is 7.91. The summed E-state index contributed by atoms with van der Waals surface area (Å²) in [4.78, 5) is 27.1. The van der Waals surface area contributed by atoms with Crippen molar-refractivity contribution in [2.24, 2.45) is 0 Å². The number of fused-ring (bicyclic) bond motifs is 3. The number of nitrogens with zero attached hydrogens (tertiary/aromatic N) is 1. The maximum absolute atomic E-state index is 13.1. The molecule has 5 heteroatoms. The van der Waals surface area contributed by atoms with Crippen LogP contribution >= 0.6 is 0 Å². The van der Waals surface area contributed by atoms with Crippen LogP contribution in [0.5, 0.6) is 0 Å². The van der Waals surface area contributed by atoms with Crippen LogP contribution in [0, 0.1) is 27.7 Å². The minimum absolute atomic E-state index is 0.0666. The Kier molecular flexibility index (Phi) is 5.27. The molecular formula is C26H26N2O3. The molecule has 0 radical (unpaired) electrons. The third-order valence-corrected chi connectivity index (χ3v) is 5.69. The Morgan fingerprint density at radius 2 is 1.61 bits per heavy atom. The molecule has 0 saturated carbocycles. The van der Waals surface area contributed by atoms with E-state index in [-0.39, 0.29) is 24.1 Å². The minimum atomic E-state index is -0.315. The van der Waals surface area contributed by atoms with Gasteiger partial charge in [0, 0.05) is 29.1 Å². The number of benzene rings is 3. The molecule has 0 bridgehead atoms. The molecule has 1 N–H and O–H groups in total. The molecule has 1 aromatic heterocycles. The largest absolute Gasteiger partial charge is 0.450 e. The number of anilines is 1. The highest BCUT2D eigenvalue weighted by atomic mass is 16.3. The van der Waals surface area contributed by atoms with Gasteiger partial charge in [-0.25, -0.2) is 0 Å². The Morgan fingerprint density at radius 1 is 0.935 bits per heavy atom. The molecule has 2 amide bonds. The fourth-order valence-corrected chi connectivity index (χ4v) is 4.17. The first kappa shape index (κ1) is 20.7. The predicted molar refractivity (Wildman–Crippen MR) is 125 cm³/mol. The van der Waals surface area contributed by atoms with Gasteiger partial charge in [0.1, 0.15) is 5.58 Å². The van der Waals surface area contributed by atoms with Crippen molar-refractivity contribution in [1.82, 2.24) is 4.90 Å². The van der Waals surface area contributed by atoms with Crippen molar-refractivity contribution < 1.29 is 14.0 Å². The number of furan rings is 1. The van der Waals surface area contributed by atoms with Crippen LogP contribution in [0.15, 0.2) is 52.9 Å². The molecule has 0 saturated heterocycles. The van der Waals surface area contributed by atoms with Crippen molar-refractivity contribution in [1.29, 1.82) is 0 Å². The molecule has 5 nitrogen and oxygen atoms in total. The Bertz CT molecular complexity index is 1310. The highest BCUT2D eigenvalue weighted by Crippen LogP contribution is 2.32. The lowest BCUT2D eigenvalue weighted by molar-refractivity contribution is -0.116. The van der Waals surface area contributed by atoms with E-state index in [9.17, 15) is 9.59 Å². The van der Waals surface area contributed by atoms with E-state index in [2.05, 4.69) is 5.32 Å². The number of carbonyl (C=O) groups is 2. The van der Waals surface area contributed by atoms with Crippen LogP contribution in [0.1, 0.15) is 32.8 Å². The lowest BCUT2D eigenvalue weighted by Gasteiger charge is -2.18. The molecule has 3 aromatic carbocycles. The second-order valence-electron chi connectivity index (χ2n) is 8.20. The van der Waals surface area contributed by atoms with Gasteiger partial charge in [-0.3, -0.25) is 9.59 Å². The van der Waals surface area contributed by atoms with Crippen molar-refractivity contribution in [3.8, 4) is 0 Å². The summed E-state index contributed by atoms with van der Waals surface area (Å²) in [6, 6.07) is 16.0. The van der Waals surface area contributed by atoms with Crippen LogP contribution in [-0.2, 0) is 4.79 Å². The number of hydrogen-bond acceptors (Lipinski definition) is 3. The van der Waals surface area contributed by atoms with Crippen molar-refractivity contribution in [3.05, 3.63) is 76.5 Å². The first-order chi connectivity index (χ1) is 14.8. The Hall–Kier alpha value is -3.60. The van der Waals surface area contributed by atoms with Crippen molar-refractivity contribution in [2.75, 3.05) is 18.9 Å². The van der Waals surface area contributed by atoms with Crippen LogP contribution in [0.2, 0.25) is 0 Å². The summed E-state index contributed by atoms with van der Waals surface area (Å²) < 4.78 is 6.02. The van der Waals surface area contributed by atoms with Crippen LogP contribution in [0.3, 0.4) is 0 Å².